The van der Waals surface area contributed by atoms with E-state index in [-0.39, 0.29) is 67.8 Å². The molecule has 2 aromatic carbocycles. The predicted molar refractivity (Wildman–Crippen MR) is 178 cm³/mol. The average molecular weight is 691 g/mol. The highest BCUT2D eigenvalue weighted by atomic mass is 32.2. The number of benzene rings is 2. The first-order chi connectivity index (χ1) is 22.8. The summed E-state index contributed by atoms with van der Waals surface area (Å²) in [6.45, 7) is 2.90. The highest BCUT2D eigenvalue weighted by Crippen LogP contribution is 2.36. The smallest absolute Gasteiger partial charge is 0.416 e. The van der Waals surface area contributed by atoms with Crippen LogP contribution in [0.25, 0.3) is 0 Å². The molecule has 0 saturated carbocycles. The summed E-state index contributed by atoms with van der Waals surface area (Å²) in [5.74, 6) is -0.573. The van der Waals surface area contributed by atoms with Crippen LogP contribution in [-0.4, -0.2) is 79.9 Å². The van der Waals surface area contributed by atoms with Crippen molar-refractivity contribution in [3.63, 3.8) is 0 Å². The summed E-state index contributed by atoms with van der Waals surface area (Å²) < 4.78 is 75.3. The van der Waals surface area contributed by atoms with E-state index in [0.717, 1.165) is 68.2 Å². The number of sulfonamides is 1. The van der Waals surface area contributed by atoms with Gasteiger partial charge in [0.2, 0.25) is 10.0 Å². The zero-order valence-electron chi connectivity index (χ0n) is 27.7. The molecule has 1 spiro atoms. The molecule has 7 bridgehead atoms. The molecule has 5 aliphatic heterocycles. The van der Waals surface area contributed by atoms with Crippen LogP contribution < -0.4 is 10.1 Å². The number of aliphatic imine (C=N–C) groups is 1. The highest BCUT2D eigenvalue weighted by Gasteiger charge is 2.47. The maximum absolute atomic E-state index is 13.8. The van der Waals surface area contributed by atoms with Gasteiger partial charge in [-0.3, -0.25) is 14.6 Å². The van der Waals surface area contributed by atoms with Gasteiger partial charge >= 0.3 is 6.18 Å². The summed E-state index contributed by atoms with van der Waals surface area (Å²) in [7, 11) is -1.88. The molecule has 9 nitrogen and oxygen atoms in total. The number of nitrogens with one attached hydrogen (secondary N) is 1. The van der Waals surface area contributed by atoms with Crippen LogP contribution in [0.2, 0.25) is 0 Å². The zero-order valence-corrected chi connectivity index (χ0v) is 28.5. The Kier molecular flexibility index (Phi) is 11.2. The molecule has 7 rings (SSSR count). The van der Waals surface area contributed by atoms with Crippen molar-refractivity contribution in [2.45, 2.75) is 89.3 Å². The molecule has 1 N–H and O–H groups in total. The first-order valence-electron chi connectivity index (χ1n) is 16.9. The third-order valence-corrected chi connectivity index (χ3v) is 11.5. The first kappa shape index (κ1) is 35.8. The normalized spacial score (nSPS) is 25.0. The van der Waals surface area contributed by atoms with E-state index < -0.39 is 33.2 Å². The van der Waals surface area contributed by atoms with E-state index in [1.807, 2.05) is 19.1 Å². The lowest BCUT2D eigenvalue weighted by atomic mass is 9.89. The van der Waals surface area contributed by atoms with Crippen molar-refractivity contribution in [1.29, 1.82) is 0 Å². The number of hydrogen-bond donors (Lipinski definition) is 1. The number of fused-ring (bicyclic) bond motifs is 2. The molecule has 0 aliphatic carbocycles. The van der Waals surface area contributed by atoms with Crippen LogP contribution in [0.1, 0.15) is 96.8 Å². The van der Waals surface area contributed by atoms with Gasteiger partial charge < -0.3 is 15.0 Å². The summed E-state index contributed by atoms with van der Waals surface area (Å²) in [4.78, 5) is 32.5. The summed E-state index contributed by atoms with van der Waals surface area (Å²) in [5.41, 5.74) is 0.196. The average Bonchev–Trinajstić information content (AvgIpc) is 3.36. The number of ether oxygens (including phenoxy) is 1. The molecule has 0 aromatic heterocycles. The summed E-state index contributed by atoms with van der Waals surface area (Å²) in [6, 6.07) is 8.76. The summed E-state index contributed by atoms with van der Waals surface area (Å²) in [5, 5.41) is 2.66. The first-order valence-corrected chi connectivity index (χ1v) is 18.5. The van der Waals surface area contributed by atoms with Gasteiger partial charge in [-0.1, -0.05) is 44.6 Å². The molecular weight excluding hydrogens is 645 g/mol. The molecule has 5 aliphatic rings. The van der Waals surface area contributed by atoms with Crippen LogP contribution in [0.5, 0.6) is 5.75 Å². The van der Waals surface area contributed by atoms with Crippen LogP contribution in [-0.2, 0) is 27.4 Å². The fraction of sp³-hybridized carbons (Fsp3) is 0.571. The zero-order chi connectivity index (χ0) is 34.5. The largest absolute Gasteiger partial charge is 0.494 e. The van der Waals surface area contributed by atoms with Gasteiger partial charge in [-0.25, -0.2) is 12.7 Å². The van der Waals surface area contributed by atoms with Crippen LogP contribution in [0.4, 0.5) is 13.2 Å². The number of halogens is 3. The third-order valence-electron chi connectivity index (χ3n) is 9.65. The third kappa shape index (κ3) is 8.58. The minimum absolute atomic E-state index is 0.0276. The molecule has 13 heteroatoms. The SMILES string of the molecule is Cc1cc2ccc1CCS(=O)(=O)N1CCC3(CC1)N=C(NC3=O)c1cc(cc(C(F)(F)F)c1)OCCCCCCCCCCN(C)C2=O. The van der Waals surface area contributed by atoms with Gasteiger partial charge in [0, 0.05) is 37.8 Å². The lowest BCUT2D eigenvalue weighted by Gasteiger charge is -2.34. The quantitative estimate of drug-likeness (QED) is 0.372. The number of rotatable bonds is 0. The maximum atomic E-state index is 13.8. The second kappa shape index (κ2) is 15.0. The molecule has 48 heavy (non-hydrogen) atoms. The van der Waals surface area contributed by atoms with E-state index in [4.69, 9.17) is 4.74 Å². The van der Waals surface area contributed by atoms with Gasteiger partial charge in [0.1, 0.15) is 17.1 Å². The number of carbonyl (C=O) groups is 2. The van der Waals surface area contributed by atoms with Crippen molar-refractivity contribution < 1.29 is 35.9 Å². The monoisotopic (exact) mass is 690 g/mol. The fourth-order valence-electron chi connectivity index (χ4n) is 6.61. The molecule has 262 valence electrons. The van der Waals surface area contributed by atoms with Gasteiger partial charge in [0.25, 0.3) is 11.8 Å². The van der Waals surface area contributed by atoms with Crippen LogP contribution in [0.3, 0.4) is 0 Å². The van der Waals surface area contributed by atoms with Crippen molar-refractivity contribution in [2.24, 2.45) is 4.99 Å². The number of hydrogen-bond acceptors (Lipinski definition) is 6. The van der Waals surface area contributed by atoms with Crippen molar-refractivity contribution in [2.75, 3.05) is 39.0 Å². The number of carbonyl (C=O) groups excluding carboxylic acids is 2. The predicted octanol–water partition coefficient (Wildman–Crippen LogP) is 5.88. The molecule has 1 fully saturated rings. The summed E-state index contributed by atoms with van der Waals surface area (Å²) >= 11 is 0. The minimum atomic E-state index is -4.63. The molecule has 0 unspecified atom stereocenters. The Labute approximate surface area is 281 Å². The number of aryl methyl sites for hydroxylation is 2. The molecule has 0 atom stereocenters. The van der Waals surface area contributed by atoms with Crippen molar-refractivity contribution in [3.05, 3.63) is 64.2 Å². The Balaban J connectivity index is 1.35. The molecule has 5 heterocycles. The fourth-order valence-corrected chi connectivity index (χ4v) is 8.09. The Bertz CT molecular complexity index is 1630. The molecule has 2 aromatic rings. The molecule has 0 radical (unpaired) electrons. The van der Waals surface area contributed by atoms with Gasteiger partial charge in [-0.05, 0) is 80.5 Å². The van der Waals surface area contributed by atoms with Crippen molar-refractivity contribution >= 4 is 27.7 Å². The van der Waals surface area contributed by atoms with E-state index in [1.165, 1.54) is 10.4 Å². The van der Waals surface area contributed by atoms with Gasteiger partial charge in [0.05, 0.1) is 17.9 Å². The van der Waals surface area contributed by atoms with E-state index in [9.17, 15) is 31.2 Å². The number of piperidine rings is 1. The van der Waals surface area contributed by atoms with Gasteiger partial charge in [-0.2, -0.15) is 13.2 Å². The standard InChI is InChI=1S/C35H45F3N4O5S/c1-25-21-27-12-11-26(25)13-20-48(45,46)42-17-14-34(15-18-42)33(44)39-31(40-34)28-22-29(35(36,37)38)24-30(23-28)47-19-10-8-6-4-3-5-7-9-16-41(2)32(27)43/h11-12,21-24H,3-10,13-20H2,1-2H3,(H,39,40,44). The Morgan fingerprint density at radius 3 is 2.21 bits per heavy atom. The van der Waals surface area contributed by atoms with Crippen molar-refractivity contribution in [3.8, 4) is 5.75 Å². The minimum Gasteiger partial charge on any atom is -0.494 e. The van der Waals surface area contributed by atoms with Crippen LogP contribution in [0.15, 0.2) is 41.4 Å². The molecular formula is C35H45F3N4O5S. The number of amidine groups is 1. The van der Waals surface area contributed by atoms with Gasteiger partial charge in [-0.15, -0.1) is 0 Å². The van der Waals surface area contributed by atoms with E-state index in [1.54, 1.807) is 18.0 Å². The summed E-state index contributed by atoms with van der Waals surface area (Å²) in [6.07, 6.45) is 3.51. The van der Waals surface area contributed by atoms with Crippen molar-refractivity contribution in [1.82, 2.24) is 14.5 Å². The topological polar surface area (TPSA) is 108 Å². The molecule has 1 saturated heterocycles. The molecule has 2 amide bonds. The van der Waals surface area contributed by atoms with E-state index >= 15 is 0 Å². The van der Waals surface area contributed by atoms with Crippen LogP contribution in [0, 0.1) is 6.92 Å². The Hall–Kier alpha value is -3.45. The number of amides is 2. The van der Waals surface area contributed by atoms with E-state index in [2.05, 4.69) is 10.3 Å². The second-order valence-electron chi connectivity index (χ2n) is 13.2. The number of nitrogens with zero attached hydrogens (tertiary/aromatic N) is 3. The highest BCUT2D eigenvalue weighted by molar-refractivity contribution is 7.89. The van der Waals surface area contributed by atoms with E-state index in [0.29, 0.717) is 18.5 Å². The lowest BCUT2D eigenvalue weighted by molar-refractivity contribution is -0.137. The van der Waals surface area contributed by atoms with Gasteiger partial charge in [0.15, 0.2) is 0 Å². The maximum Gasteiger partial charge on any atom is 0.416 e. The Morgan fingerprint density at radius 1 is 0.875 bits per heavy atom. The lowest BCUT2D eigenvalue weighted by Crippen LogP contribution is -2.50. The number of alkyl halides is 3. The second-order valence-corrected chi connectivity index (χ2v) is 15.3. The van der Waals surface area contributed by atoms with Crippen LogP contribution >= 0.6 is 0 Å². The Morgan fingerprint density at radius 2 is 1.54 bits per heavy atom.